The summed E-state index contributed by atoms with van der Waals surface area (Å²) >= 11 is 0. The van der Waals surface area contributed by atoms with Crippen molar-refractivity contribution in [2.75, 3.05) is 13.7 Å². The number of phenolic OH excluding ortho intramolecular Hbond substituents is 1. The minimum Gasteiger partial charge on any atom is -0.504 e. The van der Waals surface area contributed by atoms with E-state index in [4.69, 9.17) is 18.6 Å². The van der Waals surface area contributed by atoms with Gasteiger partial charge in [0.25, 0.3) is 0 Å². The summed E-state index contributed by atoms with van der Waals surface area (Å²) in [7, 11) is 1.42. The van der Waals surface area contributed by atoms with Crippen molar-refractivity contribution in [2.45, 2.75) is 18.9 Å². The molecule has 144 valence electrons. The van der Waals surface area contributed by atoms with Gasteiger partial charge in [0.1, 0.15) is 11.3 Å². The third kappa shape index (κ3) is 2.76. The fourth-order valence-corrected chi connectivity index (χ4v) is 3.52. The van der Waals surface area contributed by atoms with Crippen LogP contribution >= 0.6 is 0 Å². The Hall–Kier alpha value is -3.48. The van der Waals surface area contributed by atoms with E-state index in [1.54, 1.807) is 43.3 Å². The quantitative estimate of drug-likeness (QED) is 0.547. The van der Waals surface area contributed by atoms with E-state index < -0.39 is 23.6 Å². The van der Waals surface area contributed by atoms with Crippen molar-refractivity contribution in [1.29, 1.82) is 0 Å². The van der Waals surface area contributed by atoms with E-state index >= 15 is 0 Å². The van der Waals surface area contributed by atoms with Crippen LogP contribution < -0.4 is 15.1 Å². The van der Waals surface area contributed by atoms with Gasteiger partial charge in [0.05, 0.1) is 30.6 Å². The SMILES string of the molecule is CCOC(=O)[C@H]1Oc2c(c(=O)oc3ccccc23)[C@H]1c1ccc(O)c(OC)c1. The molecule has 0 fully saturated rings. The highest BCUT2D eigenvalue weighted by atomic mass is 16.6. The van der Waals surface area contributed by atoms with Gasteiger partial charge in [0, 0.05) is 0 Å². The van der Waals surface area contributed by atoms with Gasteiger partial charge in [0.2, 0.25) is 6.10 Å². The van der Waals surface area contributed by atoms with Crippen LogP contribution in [-0.2, 0) is 9.53 Å². The van der Waals surface area contributed by atoms with Gasteiger partial charge in [0.15, 0.2) is 11.5 Å². The highest BCUT2D eigenvalue weighted by Crippen LogP contribution is 2.45. The molecule has 0 spiro atoms. The molecule has 1 N–H and O–H groups in total. The number of hydrogen-bond donors (Lipinski definition) is 1. The Morgan fingerprint density at radius 1 is 1.21 bits per heavy atom. The van der Waals surface area contributed by atoms with Crippen LogP contribution in [-0.4, -0.2) is 30.9 Å². The lowest BCUT2D eigenvalue weighted by atomic mass is 9.88. The lowest BCUT2D eigenvalue weighted by Gasteiger charge is -2.18. The Morgan fingerprint density at radius 3 is 2.75 bits per heavy atom. The number of aromatic hydroxyl groups is 1. The van der Waals surface area contributed by atoms with E-state index in [1.165, 1.54) is 13.2 Å². The fourth-order valence-electron chi connectivity index (χ4n) is 3.52. The predicted octanol–water partition coefficient (Wildman–Crippen LogP) is 2.96. The van der Waals surface area contributed by atoms with E-state index in [-0.39, 0.29) is 23.7 Å². The van der Waals surface area contributed by atoms with Gasteiger partial charge < -0.3 is 23.7 Å². The van der Waals surface area contributed by atoms with Crippen molar-refractivity contribution in [3.8, 4) is 17.2 Å². The molecule has 7 heteroatoms. The lowest BCUT2D eigenvalue weighted by molar-refractivity contribution is -0.151. The minimum absolute atomic E-state index is 0.0522. The molecule has 1 aliphatic rings. The molecule has 1 aliphatic heterocycles. The predicted molar refractivity (Wildman–Crippen MR) is 100 cm³/mol. The normalized spacial score (nSPS) is 17.8. The zero-order valence-electron chi connectivity index (χ0n) is 15.3. The van der Waals surface area contributed by atoms with Crippen LogP contribution in [0.2, 0.25) is 0 Å². The third-order valence-electron chi connectivity index (χ3n) is 4.74. The molecule has 4 rings (SSSR count). The highest BCUT2D eigenvalue weighted by molar-refractivity contribution is 5.88. The van der Waals surface area contributed by atoms with Crippen molar-refractivity contribution < 1.29 is 28.5 Å². The first-order valence-electron chi connectivity index (χ1n) is 8.81. The minimum atomic E-state index is -1.06. The fraction of sp³-hybridized carbons (Fsp3) is 0.238. The van der Waals surface area contributed by atoms with Crippen molar-refractivity contribution >= 4 is 16.9 Å². The number of benzene rings is 2. The van der Waals surface area contributed by atoms with Gasteiger partial charge >= 0.3 is 11.6 Å². The maximum atomic E-state index is 12.8. The first-order chi connectivity index (χ1) is 13.5. The van der Waals surface area contributed by atoms with Crippen LogP contribution in [0.1, 0.15) is 24.0 Å². The molecule has 0 bridgehead atoms. The number of fused-ring (bicyclic) bond motifs is 3. The summed E-state index contributed by atoms with van der Waals surface area (Å²) in [4.78, 5) is 25.4. The number of methoxy groups -OCH3 is 1. The van der Waals surface area contributed by atoms with Crippen LogP contribution in [0.25, 0.3) is 11.0 Å². The molecule has 0 aliphatic carbocycles. The average molecular weight is 382 g/mol. The number of rotatable bonds is 4. The lowest BCUT2D eigenvalue weighted by Crippen LogP contribution is -2.32. The highest BCUT2D eigenvalue weighted by Gasteiger charge is 2.45. The van der Waals surface area contributed by atoms with Crippen molar-refractivity contribution in [3.05, 3.63) is 64.0 Å². The van der Waals surface area contributed by atoms with Crippen LogP contribution in [0.5, 0.6) is 17.2 Å². The summed E-state index contributed by atoms with van der Waals surface area (Å²) in [6.45, 7) is 1.87. The Balaban J connectivity index is 1.95. The summed E-state index contributed by atoms with van der Waals surface area (Å²) in [5.41, 5.74) is 0.592. The number of carbonyl (C=O) groups excluding carboxylic acids is 1. The summed E-state index contributed by atoms with van der Waals surface area (Å²) in [5, 5.41) is 10.5. The molecule has 0 radical (unpaired) electrons. The molecule has 0 amide bonds. The first-order valence-corrected chi connectivity index (χ1v) is 8.81. The zero-order valence-corrected chi connectivity index (χ0v) is 15.3. The van der Waals surface area contributed by atoms with Gasteiger partial charge in [-0.15, -0.1) is 0 Å². The second kappa shape index (κ2) is 6.92. The van der Waals surface area contributed by atoms with Gasteiger partial charge in [-0.2, -0.15) is 0 Å². The second-order valence-corrected chi connectivity index (χ2v) is 6.33. The van der Waals surface area contributed by atoms with E-state index in [1.807, 2.05) is 0 Å². The van der Waals surface area contributed by atoms with Crippen LogP contribution in [0.4, 0.5) is 0 Å². The van der Waals surface area contributed by atoms with Gasteiger partial charge in [-0.05, 0) is 36.8 Å². The molecule has 1 aromatic heterocycles. The number of carbonyl (C=O) groups is 1. The molecule has 2 aromatic carbocycles. The summed E-state index contributed by atoms with van der Waals surface area (Å²) in [6.07, 6.45) is -1.06. The van der Waals surface area contributed by atoms with E-state index in [9.17, 15) is 14.7 Å². The van der Waals surface area contributed by atoms with Crippen molar-refractivity contribution in [2.24, 2.45) is 0 Å². The number of ether oxygens (including phenoxy) is 3. The van der Waals surface area contributed by atoms with Crippen LogP contribution in [0.15, 0.2) is 51.7 Å². The topological polar surface area (TPSA) is 95.2 Å². The molecule has 0 saturated heterocycles. The van der Waals surface area contributed by atoms with Crippen molar-refractivity contribution in [3.63, 3.8) is 0 Å². The molecule has 7 nitrogen and oxygen atoms in total. The van der Waals surface area contributed by atoms with Crippen LogP contribution in [0, 0.1) is 0 Å². The van der Waals surface area contributed by atoms with E-state index in [0.717, 1.165) is 0 Å². The van der Waals surface area contributed by atoms with E-state index in [0.29, 0.717) is 22.3 Å². The van der Waals surface area contributed by atoms with Crippen molar-refractivity contribution in [1.82, 2.24) is 0 Å². The van der Waals surface area contributed by atoms with Gasteiger partial charge in [-0.25, -0.2) is 9.59 Å². The number of phenols is 1. The molecule has 0 saturated carbocycles. The summed E-state index contributed by atoms with van der Waals surface area (Å²) < 4.78 is 21.7. The standard InChI is InChI=1S/C21H18O7/c1-3-26-21(24)19-16(11-8-9-13(22)15(10-11)25-2)17-18(28-19)12-6-4-5-7-14(12)27-20(17)23/h4-10,16,19,22H,3H2,1-2H3/t16-,19+/m1/s1. The number of hydrogen-bond acceptors (Lipinski definition) is 7. The smallest absolute Gasteiger partial charge is 0.348 e. The second-order valence-electron chi connectivity index (χ2n) is 6.33. The first kappa shape index (κ1) is 17.9. The molecule has 28 heavy (non-hydrogen) atoms. The molecule has 3 aromatic rings. The Bertz CT molecular complexity index is 1120. The molecule has 2 heterocycles. The molecular weight excluding hydrogens is 364 g/mol. The summed E-state index contributed by atoms with van der Waals surface area (Å²) in [5.74, 6) is -0.868. The Labute approximate surface area is 160 Å². The zero-order chi connectivity index (χ0) is 19.8. The Morgan fingerprint density at radius 2 is 2.00 bits per heavy atom. The summed E-state index contributed by atoms with van der Waals surface area (Å²) in [6, 6.07) is 11.6. The largest absolute Gasteiger partial charge is 0.504 e. The van der Waals surface area contributed by atoms with E-state index in [2.05, 4.69) is 0 Å². The van der Waals surface area contributed by atoms with Gasteiger partial charge in [-0.3, -0.25) is 0 Å². The molecule has 0 unspecified atom stereocenters. The Kier molecular flexibility index (Phi) is 4.43. The maximum Gasteiger partial charge on any atom is 0.348 e. The monoisotopic (exact) mass is 382 g/mol. The average Bonchev–Trinajstić information content (AvgIpc) is 3.10. The van der Waals surface area contributed by atoms with Gasteiger partial charge in [-0.1, -0.05) is 18.2 Å². The molecule has 2 atom stereocenters. The van der Waals surface area contributed by atoms with Crippen LogP contribution in [0.3, 0.4) is 0 Å². The number of esters is 1. The number of para-hydroxylation sites is 1. The molecular formula is C21H18O7. The maximum absolute atomic E-state index is 12.8. The third-order valence-corrected chi connectivity index (χ3v) is 4.74.